The zero-order valence-corrected chi connectivity index (χ0v) is 6.73. The average Bonchev–Trinajstić information content (AvgIpc) is 2.52. The van der Waals surface area contributed by atoms with Crippen molar-refractivity contribution in [3.8, 4) is 0 Å². The van der Waals surface area contributed by atoms with Gasteiger partial charge in [-0.2, -0.15) is 4.37 Å². The van der Waals surface area contributed by atoms with Crippen molar-refractivity contribution in [2.24, 2.45) is 0 Å². The molecule has 0 bridgehead atoms. The third-order valence-corrected chi connectivity index (χ3v) is 1.72. The molecule has 58 valence electrons. The molecule has 4 heteroatoms. The first-order valence-corrected chi connectivity index (χ1v) is 3.96. The molecule has 0 radical (unpaired) electrons. The second kappa shape index (κ2) is 3.88. The highest BCUT2D eigenvalue weighted by Crippen LogP contribution is 1.97. The molecule has 1 aromatic rings. The summed E-state index contributed by atoms with van der Waals surface area (Å²) in [6.07, 6.45) is 1.24. The van der Waals surface area contributed by atoms with E-state index in [4.69, 9.17) is 0 Å². The van der Waals surface area contributed by atoms with E-state index >= 15 is 0 Å². The van der Waals surface area contributed by atoms with Crippen LogP contribution in [0.4, 0.5) is 0 Å². The number of nitrogens with zero attached hydrogens (tertiary/aromatic N) is 1. The van der Waals surface area contributed by atoms with Gasteiger partial charge < -0.3 is 5.32 Å². The summed E-state index contributed by atoms with van der Waals surface area (Å²) in [4.78, 5) is 10.7. The highest BCUT2D eigenvalue weighted by molar-refractivity contribution is 7.03. The van der Waals surface area contributed by atoms with Crippen LogP contribution in [0.3, 0.4) is 0 Å². The van der Waals surface area contributed by atoms with E-state index in [0.717, 1.165) is 5.69 Å². The molecule has 0 aliphatic heterocycles. The summed E-state index contributed by atoms with van der Waals surface area (Å²) >= 11 is 1.37. The number of nitrogens with one attached hydrogen (secondary N) is 1. The van der Waals surface area contributed by atoms with Crippen LogP contribution in [0.1, 0.15) is 5.69 Å². The molecule has 0 atom stereocenters. The fraction of sp³-hybridized carbons (Fsp3) is 0.143. The van der Waals surface area contributed by atoms with Gasteiger partial charge in [-0.3, -0.25) is 4.79 Å². The molecule has 0 aromatic carbocycles. The molecule has 0 fully saturated rings. The lowest BCUT2D eigenvalue weighted by atomic mass is 10.4. The Bertz CT molecular complexity index is 243. The Labute approximate surface area is 68.9 Å². The fourth-order valence-electron chi connectivity index (χ4n) is 0.579. The number of aromatic nitrogens is 1. The lowest BCUT2D eigenvalue weighted by Crippen LogP contribution is -2.19. The van der Waals surface area contributed by atoms with Crippen LogP contribution in [-0.4, -0.2) is 10.3 Å². The molecule has 1 aromatic heterocycles. The summed E-state index contributed by atoms with van der Waals surface area (Å²) in [6, 6.07) is 1.87. The number of hydrogen-bond donors (Lipinski definition) is 1. The van der Waals surface area contributed by atoms with E-state index in [2.05, 4.69) is 16.3 Å². The van der Waals surface area contributed by atoms with Crippen LogP contribution in [0.15, 0.2) is 24.1 Å². The first-order valence-electron chi connectivity index (χ1n) is 3.12. The molecule has 0 unspecified atom stereocenters. The van der Waals surface area contributed by atoms with Crippen molar-refractivity contribution in [3.05, 3.63) is 29.8 Å². The number of hydrogen-bond acceptors (Lipinski definition) is 3. The lowest BCUT2D eigenvalue weighted by Gasteiger charge is -1.96. The number of rotatable bonds is 3. The third-order valence-electron chi connectivity index (χ3n) is 1.12. The largest absolute Gasteiger partial charge is 0.347 e. The Kier molecular flexibility index (Phi) is 2.80. The topological polar surface area (TPSA) is 42.0 Å². The second-order valence-corrected chi connectivity index (χ2v) is 2.58. The van der Waals surface area contributed by atoms with Crippen LogP contribution in [0, 0.1) is 0 Å². The number of carbonyl (C=O) groups excluding carboxylic acids is 1. The van der Waals surface area contributed by atoms with Crippen LogP contribution in [0.25, 0.3) is 0 Å². The van der Waals surface area contributed by atoms with Gasteiger partial charge in [-0.25, -0.2) is 0 Å². The molecule has 1 N–H and O–H groups in total. The third kappa shape index (κ3) is 2.51. The molecule has 3 nitrogen and oxygen atoms in total. The van der Waals surface area contributed by atoms with Crippen molar-refractivity contribution >= 4 is 17.4 Å². The Morgan fingerprint density at radius 2 is 2.73 bits per heavy atom. The molecule has 11 heavy (non-hydrogen) atoms. The maximum absolute atomic E-state index is 10.7. The highest BCUT2D eigenvalue weighted by Gasteiger charge is 1.95. The van der Waals surface area contributed by atoms with E-state index in [1.807, 2.05) is 11.4 Å². The van der Waals surface area contributed by atoms with Gasteiger partial charge in [0.15, 0.2) is 0 Å². The summed E-state index contributed by atoms with van der Waals surface area (Å²) < 4.78 is 4.02. The number of amides is 1. The predicted molar refractivity (Wildman–Crippen MR) is 44.2 cm³/mol. The number of carbonyl (C=O) groups is 1. The SMILES string of the molecule is C=CC(=O)NCc1ccsn1. The van der Waals surface area contributed by atoms with Crippen LogP contribution < -0.4 is 5.32 Å². The smallest absolute Gasteiger partial charge is 0.243 e. The van der Waals surface area contributed by atoms with Crippen molar-refractivity contribution in [1.82, 2.24) is 9.69 Å². The van der Waals surface area contributed by atoms with Crippen LogP contribution in [0.5, 0.6) is 0 Å². The molecule has 1 amide bonds. The zero-order valence-electron chi connectivity index (χ0n) is 5.91. The zero-order chi connectivity index (χ0) is 8.10. The van der Waals surface area contributed by atoms with Crippen molar-refractivity contribution in [2.75, 3.05) is 0 Å². The lowest BCUT2D eigenvalue weighted by molar-refractivity contribution is -0.116. The quantitative estimate of drug-likeness (QED) is 0.683. The molecular weight excluding hydrogens is 160 g/mol. The van der Waals surface area contributed by atoms with Gasteiger partial charge in [0.1, 0.15) is 0 Å². The molecule has 0 aliphatic rings. The second-order valence-electron chi connectivity index (χ2n) is 1.91. The first kappa shape index (κ1) is 7.94. The maximum Gasteiger partial charge on any atom is 0.243 e. The minimum Gasteiger partial charge on any atom is -0.347 e. The minimum absolute atomic E-state index is 0.169. The molecule has 0 spiro atoms. The van der Waals surface area contributed by atoms with Gasteiger partial charge in [-0.15, -0.1) is 0 Å². The van der Waals surface area contributed by atoms with Crippen molar-refractivity contribution in [2.45, 2.75) is 6.54 Å². The van der Waals surface area contributed by atoms with E-state index in [1.54, 1.807) is 0 Å². The van der Waals surface area contributed by atoms with Crippen molar-refractivity contribution in [3.63, 3.8) is 0 Å². The summed E-state index contributed by atoms with van der Waals surface area (Å²) in [5, 5.41) is 4.49. The minimum atomic E-state index is -0.169. The van der Waals surface area contributed by atoms with Gasteiger partial charge >= 0.3 is 0 Å². The molecule has 1 rings (SSSR count). The summed E-state index contributed by atoms with van der Waals surface area (Å²) in [5.41, 5.74) is 0.880. The predicted octanol–water partition coefficient (Wildman–Crippen LogP) is 0.945. The standard InChI is InChI=1S/C7H8N2OS/c1-2-7(10)8-5-6-3-4-11-9-6/h2-4H,1,5H2,(H,8,10). The maximum atomic E-state index is 10.7. The van der Waals surface area contributed by atoms with Gasteiger partial charge in [-0.05, 0) is 23.7 Å². The van der Waals surface area contributed by atoms with E-state index in [9.17, 15) is 4.79 Å². The van der Waals surface area contributed by atoms with Crippen molar-refractivity contribution < 1.29 is 4.79 Å². The highest BCUT2D eigenvalue weighted by atomic mass is 32.1. The van der Waals surface area contributed by atoms with Crippen molar-refractivity contribution in [1.29, 1.82) is 0 Å². The average molecular weight is 168 g/mol. The Balaban J connectivity index is 2.34. The monoisotopic (exact) mass is 168 g/mol. The Morgan fingerprint density at radius 3 is 3.27 bits per heavy atom. The van der Waals surface area contributed by atoms with Gasteiger partial charge in [0.25, 0.3) is 0 Å². The normalized spacial score (nSPS) is 9.09. The van der Waals surface area contributed by atoms with Gasteiger partial charge in [0.2, 0.25) is 5.91 Å². The van der Waals surface area contributed by atoms with Gasteiger partial charge in [0.05, 0.1) is 12.2 Å². The van der Waals surface area contributed by atoms with E-state index in [1.165, 1.54) is 17.6 Å². The molecule has 1 heterocycles. The molecular formula is C7H8N2OS. The molecule has 0 saturated heterocycles. The van der Waals surface area contributed by atoms with Gasteiger partial charge in [-0.1, -0.05) is 6.58 Å². The first-order chi connectivity index (χ1) is 5.33. The van der Waals surface area contributed by atoms with Crippen LogP contribution >= 0.6 is 11.5 Å². The fourth-order valence-corrected chi connectivity index (χ4v) is 1.12. The Hall–Kier alpha value is -1.16. The van der Waals surface area contributed by atoms with Crippen LogP contribution in [0.2, 0.25) is 0 Å². The molecule has 0 saturated carbocycles. The van der Waals surface area contributed by atoms with Crippen LogP contribution in [-0.2, 0) is 11.3 Å². The van der Waals surface area contributed by atoms with Gasteiger partial charge in [0, 0.05) is 5.38 Å². The Morgan fingerprint density at radius 1 is 1.91 bits per heavy atom. The summed E-state index contributed by atoms with van der Waals surface area (Å²) in [7, 11) is 0. The molecule has 0 aliphatic carbocycles. The summed E-state index contributed by atoms with van der Waals surface area (Å²) in [5.74, 6) is -0.169. The summed E-state index contributed by atoms with van der Waals surface area (Å²) in [6.45, 7) is 3.81. The van der Waals surface area contributed by atoms with E-state index in [-0.39, 0.29) is 5.91 Å². The van der Waals surface area contributed by atoms with E-state index < -0.39 is 0 Å². The van der Waals surface area contributed by atoms with E-state index in [0.29, 0.717) is 6.54 Å².